The van der Waals surface area contributed by atoms with Gasteiger partial charge in [-0.05, 0) is 30.6 Å². The lowest BCUT2D eigenvalue weighted by Crippen LogP contribution is -2.40. The molecule has 8 heteroatoms. The number of carbonyl (C=O) groups excluding carboxylic acids is 1. The van der Waals surface area contributed by atoms with Crippen LogP contribution in [0.3, 0.4) is 0 Å². The number of aromatic nitrogens is 3. The highest BCUT2D eigenvalue weighted by molar-refractivity contribution is 7.03. The molecule has 0 saturated carbocycles. The Labute approximate surface area is 131 Å². The van der Waals surface area contributed by atoms with Crippen molar-refractivity contribution in [2.24, 2.45) is 0 Å². The molecular weight excluding hydrogens is 305 g/mol. The average molecular weight is 321 g/mol. The van der Waals surface area contributed by atoms with Gasteiger partial charge in [-0.1, -0.05) is 0 Å². The summed E-state index contributed by atoms with van der Waals surface area (Å²) >= 11 is 1.25. The van der Waals surface area contributed by atoms with E-state index < -0.39 is 6.17 Å². The summed E-state index contributed by atoms with van der Waals surface area (Å²) in [6, 6.07) is 3.44. The van der Waals surface area contributed by atoms with E-state index in [1.54, 1.807) is 30.6 Å². The molecule has 3 heterocycles. The lowest BCUT2D eigenvalue weighted by Gasteiger charge is -2.24. The summed E-state index contributed by atoms with van der Waals surface area (Å²) in [5, 5.41) is 12.4. The Hall–Kier alpha value is -2.09. The SMILES string of the molecule is Cc1nscc1C(=O)NC[C@@H]1C[C@H](F)CN1c1cccnn1. The lowest BCUT2D eigenvalue weighted by molar-refractivity contribution is 0.0950. The van der Waals surface area contributed by atoms with E-state index in [1.165, 1.54) is 11.5 Å². The molecule has 0 radical (unpaired) electrons. The highest BCUT2D eigenvalue weighted by Gasteiger charge is 2.33. The van der Waals surface area contributed by atoms with Gasteiger partial charge in [-0.2, -0.15) is 9.47 Å². The smallest absolute Gasteiger partial charge is 0.254 e. The van der Waals surface area contributed by atoms with Crippen LogP contribution < -0.4 is 10.2 Å². The first-order valence-corrected chi connectivity index (χ1v) is 7.86. The monoisotopic (exact) mass is 321 g/mol. The number of rotatable bonds is 4. The molecule has 22 heavy (non-hydrogen) atoms. The molecule has 2 atom stereocenters. The lowest BCUT2D eigenvalue weighted by atomic mass is 10.2. The predicted octanol–water partition coefficient (Wildman–Crippen LogP) is 1.59. The zero-order valence-corrected chi connectivity index (χ0v) is 12.9. The molecule has 1 aliphatic heterocycles. The van der Waals surface area contributed by atoms with Gasteiger partial charge in [-0.3, -0.25) is 4.79 Å². The summed E-state index contributed by atoms with van der Waals surface area (Å²) in [5.41, 5.74) is 1.29. The van der Waals surface area contributed by atoms with Crippen LogP contribution in [0.5, 0.6) is 0 Å². The van der Waals surface area contributed by atoms with E-state index in [-0.39, 0.29) is 18.5 Å². The van der Waals surface area contributed by atoms with Crippen molar-refractivity contribution in [2.45, 2.75) is 25.6 Å². The summed E-state index contributed by atoms with van der Waals surface area (Å²) in [6.45, 7) is 2.44. The molecule has 1 amide bonds. The van der Waals surface area contributed by atoms with E-state index in [1.807, 2.05) is 4.90 Å². The van der Waals surface area contributed by atoms with Gasteiger partial charge in [0.1, 0.15) is 6.17 Å². The van der Waals surface area contributed by atoms with Crippen LogP contribution in [0, 0.1) is 6.92 Å². The van der Waals surface area contributed by atoms with Crippen LogP contribution in [0.4, 0.5) is 10.2 Å². The van der Waals surface area contributed by atoms with Gasteiger partial charge >= 0.3 is 0 Å². The number of carbonyl (C=O) groups is 1. The van der Waals surface area contributed by atoms with Gasteiger partial charge < -0.3 is 10.2 Å². The topological polar surface area (TPSA) is 71.0 Å². The molecule has 0 unspecified atom stereocenters. The Bertz CT molecular complexity index is 650. The molecule has 0 spiro atoms. The third-order valence-electron chi connectivity index (χ3n) is 3.71. The highest BCUT2D eigenvalue weighted by atomic mass is 32.1. The molecule has 2 aromatic rings. The van der Waals surface area contributed by atoms with Gasteiger partial charge in [0, 0.05) is 24.5 Å². The third kappa shape index (κ3) is 3.06. The van der Waals surface area contributed by atoms with Gasteiger partial charge in [0.2, 0.25) is 0 Å². The zero-order chi connectivity index (χ0) is 15.5. The zero-order valence-electron chi connectivity index (χ0n) is 12.1. The van der Waals surface area contributed by atoms with Crippen LogP contribution in [0.25, 0.3) is 0 Å². The van der Waals surface area contributed by atoms with Crippen molar-refractivity contribution < 1.29 is 9.18 Å². The fraction of sp³-hybridized carbons (Fsp3) is 0.429. The molecule has 1 saturated heterocycles. The average Bonchev–Trinajstić information content (AvgIpc) is 3.11. The van der Waals surface area contributed by atoms with Crippen LogP contribution in [0.15, 0.2) is 23.7 Å². The van der Waals surface area contributed by atoms with Crippen molar-refractivity contribution in [3.63, 3.8) is 0 Å². The van der Waals surface area contributed by atoms with E-state index in [0.717, 1.165) is 0 Å². The second-order valence-electron chi connectivity index (χ2n) is 5.24. The van der Waals surface area contributed by atoms with Gasteiger partial charge in [0.05, 0.1) is 23.8 Å². The molecule has 1 fully saturated rings. The van der Waals surface area contributed by atoms with Gasteiger partial charge in [-0.25, -0.2) is 4.39 Å². The number of nitrogens with zero attached hydrogens (tertiary/aromatic N) is 4. The first-order chi connectivity index (χ1) is 10.6. The predicted molar refractivity (Wildman–Crippen MR) is 81.9 cm³/mol. The van der Waals surface area contributed by atoms with E-state index in [0.29, 0.717) is 30.0 Å². The maximum absolute atomic E-state index is 13.8. The van der Waals surface area contributed by atoms with E-state index >= 15 is 0 Å². The Balaban J connectivity index is 1.66. The Morgan fingerprint density at radius 1 is 1.59 bits per heavy atom. The van der Waals surface area contributed by atoms with Crippen LogP contribution >= 0.6 is 11.5 Å². The number of aryl methyl sites for hydroxylation is 1. The van der Waals surface area contributed by atoms with E-state index in [4.69, 9.17) is 0 Å². The van der Waals surface area contributed by atoms with Crippen molar-refractivity contribution in [3.8, 4) is 0 Å². The molecule has 6 nitrogen and oxygen atoms in total. The summed E-state index contributed by atoms with van der Waals surface area (Å²) in [4.78, 5) is 14.0. The molecule has 1 aliphatic rings. The second kappa shape index (κ2) is 6.35. The van der Waals surface area contributed by atoms with Crippen molar-refractivity contribution in [3.05, 3.63) is 35.0 Å². The van der Waals surface area contributed by atoms with Crippen molar-refractivity contribution in [2.75, 3.05) is 18.0 Å². The van der Waals surface area contributed by atoms with Crippen LogP contribution in [-0.4, -0.2) is 45.8 Å². The Morgan fingerprint density at radius 3 is 3.14 bits per heavy atom. The summed E-state index contributed by atoms with van der Waals surface area (Å²) in [7, 11) is 0. The Morgan fingerprint density at radius 2 is 2.45 bits per heavy atom. The molecule has 3 rings (SSSR count). The maximum Gasteiger partial charge on any atom is 0.254 e. The van der Waals surface area contributed by atoms with Crippen molar-refractivity contribution >= 4 is 23.3 Å². The number of amides is 1. The third-order valence-corrected chi connectivity index (χ3v) is 4.43. The number of alkyl halides is 1. The summed E-state index contributed by atoms with van der Waals surface area (Å²) in [5.74, 6) is 0.461. The second-order valence-corrected chi connectivity index (χ2v) is 5.87. The van der Waals surface area contributed by atoms with Crippen molar-refractivity contribution in [1.29, 1.82) is 0 Å². The normalized spacial score (nSPS) is 21.1. The summed E-state index contributed by atoms with van der Waals surface area (Å²) < 4.78 is 17.8. The van der Waals surface area contributed by atoms with E-state index in [9.17, 15) is 9.18 Å². The highest BCUT2D eigenvalue weighted by Crippen LogP contribution is 2.25. The molecule has 0 bridgehead atoms. The van der Waals surface area contributed by atoms with E-state index in [2.05, 4.69) is 19.9 Å². The largest absolute Gasteiger partial charge is 0.350 e. The van der Waals surface area contributed by atoms with Crippen LogP contribution in [-0.2, 0) is 0 Å². The standard InChI is InChI=1S/C14H16FN5OS/c1-9-12(8-22-19-9)14(21)16-6-11-5-10(15)7-20(11)13-3-2-4-17-18-13/h2-4,8,10-11H,5-7H2,1H3,(H,16,21)/t10-,11-/m0/s1. The van der Waals surface area contributed by atoms with Gasteiger partial charge in [0.25, 0.3) is 5.91 Å². The minimum absolute atomic E-state index is 0.123. The fourth-order valence-electron chi connectivity index (χ4n) is 2.60. The molecule has 2 aromatic heterocycles. The maximum atomic E-state index is 13.8. The quantitative estimate of drug-likeness (QED) is 0.926. The van der Waals surface area contributed by atoms with Gasteiger partial charge in [-0.15, -0.1) is 5.10 Å². The van der Waals surface area contributed by atoms with Crippen molar-refractivity contribution in [1.82, 2.24) is 19.9 Å². The first-order valence-electron chi connectivity index (χ1n) is 7.02. The van der Waals surface area contributed by atoms with Crippen LogP contribution in [0.1, 0.15) is 22.5 Å². The fourth-order valence-corrected chi connectivity index (χ4v) is 3.29. The number of hydrogen-bond donors (Lipinski definition) is 1. The Kier molecular flexibility index (Phi) is 4.28. The molecular formula is C14H16FN5OS. The minimum atomic E-state index is -0.923. The molecule has 1 N–H and O–H groups in total. The van der Waals surface area contributed by atoms with Gasteiger partial charge in [0.15, 0.2) is 5.82 Å². The molecule has 0 aliphatic carbocycles. The number of anilines is 1. The number of hydrogen-bond acceptors (Lipinski definition) is 6. The molecule has 0 aromatic carbocycles. The summed E-state index contributed by atoms with van der Waals surface area (Å²) in [6.07, 6.45) is 1.03. The number of halogens is 1. The number of nitrogens with one attached hydrogen (secondary N) is 1. The van der Waals surface area contributed by atoms with Crippen LogP contribution in [0.2, 0.25) is 0 Å². The molecule has 116 valence electrons. The minimum Gasteiger partial charge on any atom is -0.350 e. The first kappa shape index (κ1) is 14.8.